The molecule has 0 spiro atoms. The molecule has 0 heterocycles. The molecular formula is C11H16Si. The molecule has 0 amide bonds. The summed E-state index contributed by atoms with van der Waals surface area (Å²) in [6.45, 7) is 6.82. The minimum Gasteiger partial charge on any atom is -0.131 e. The lowest BCUT2D eigenvalue weighted by Gasteiger charge is -2.06. The van der Waals surface area contributed by atoms with Crippen molar-refractivity contribution in [3.63, 3.8) is 0 Å². The molecule has 0 aromatic rings. The summed E-state index contributed by atoms with van der Waals surface area (Å²) in [7, 11) is -1.17. The van der Waals surface area contributed by atoms with Crippen LogP contribution in [0.3, 0.4) is 0 Å². The van der Waals surface area contributed by atoms with Gasteiger partial charge in [0, 0.05) is 0 Å². The van der Waals surface area contributed by atoms with Gasteiger partial charge in [-0.25, -0.2) is 0 Å². The van der Waals surface area contributed by atoms with Crippen molar-refractivity contribution in [1.82, 2.24) is 0 Å². The summed E-state index contributed by atoms with van der Waals surface area (Å²) >= 11 is 0. The van der Waals surface area contributed by atoms with Crippen molar-refractivity contribution in [2.24, 2.45) is 5.92 Å². The lowest BCUT2D eigenvalue weighted by molar-refractivity contribution is 1.06. The molecular weight excluding hydrogens is 160 g/mol. The van der Waals surface area contributed by atoms with E-state index < -0.39 is 8.07 Å². The molecule has 0 unspecified atom stereocenters. The maximum Gasteiger partial charge on any atom is 0.129 e. The minimum absolute atomic E-state index is 0.380. The standard InChI is InChI=1S/C11H16Si/c1-12(2,3)10-9-11-7-5-4-6-8-11/h5-8,11H,4H2,1-3H3. The van der Waals surface area contributed by atoms with E-state index in [0.717, 1.165) is 6.42 Å². The molecule has 0 atom stereocenters. The second-order valence-corrected chi connectivity index (χ2v) is 8.89. The lowest BCUT2D eigenvalue weighted by Crippen LogP contribution is -2.16. The van der Waals surface area contributed by atoms with Gasteiger partial charge in [0.2, 0.25) is 0 Å². The fourth-order valence-electron chi connectivity index (χ4n) is 0.989. The van der Waals surface area contributed by atoms with Gasteiger partial charge < -0.3 is 0 Å². The van der Waals surface area contributed by atoms with Crippen LogP contribution in [0.4, 0.5) is 0 Å². The van der Waals surface area contributed by atoms with Crippen molar-refractivity contribution < 1.29 is 0 Å². The van der Waals surface area contributed by atoms with Gasteiger partial charge in [0.25, 0.3) is 0 Å². The van der Waals surface area contributed by atoms with E-state index in [0.29, 0.717) is 5.92 Å². The molecule has 0 aliphatic heterocycles. The van der Waals surface area contributed by atoms with Crippen molar-refractivity contribution in [2.45, 2.75) is 26.1 Å². The SMILES string of the molecule is C[Si](C)(C)C#CC1C=CCC=C1. The first-order valence-corrected chi connectivity index (χ1v) is 7.94. The van der Waals surface area contributed by atoms with Gasteiger partial charge in [-0.05, 0) is 6.42 Å². The maximum absolute atomic E-state index is 3.38. The molecule has 12 heavy (non-hydrogen) atoms. The van der Waals surface area contributed by atoms with E-state index in [1.165, 1.54) is 0 Å². The third-order valence-electron chi connectivity index (χ3n) is 1.57. The zero-order valence-electron chi connectivity index (χ0n) is 8.09. The van der Waals surface area contributed by atoms with Crippen LogP contribution >= 0.6 is 0 Å². The van der Waals surface area contributed by atoms with Gasteiger partial charge in [0.05, 0.1) is 5.92 Å². The molecule has 0 radical (unpaired) electrons. The van der Waals surface area contributed by atoms with Crippen molar-refractivity contribution in [3.05, 3.63) is 24.3 Å². The molecule has 0 bridgehead atoms. The zero-order chi connectivity index (χ0) is 9.03. The van der Waals surface area contributed by atoms with E-state index in [4.69, 9.17) is 0 Å². The first-order chi connectivity index (χ1) is 5.58. The Balaban J connectivity index is 2.59. The van der Waals surface area contributed by atoms with Gasteiger partial charge >= 0.3 is 0 Å². The number of rotatable bonds is 0. The fraction of sp³-hybridized carbons (Fsp3) is 0.455. The van der Waals surface area contributed by atoms with Crippen LogP contribution in [0, 0.1) is 17.4 Å². The lowest BCUT2D eigenvalue weighted by atomic mass is 10.1. The first-order valence-electron chi connectivity index (χ1n) is 4.44. The predicted octanol–water partition coefficient (Wildman–Crippen LogP) is 3.00. The van der Waals surface area contributed by atoms with Crippen molar-refractivity contribution >= 4 is 8.07 Å². The van der Waals surface area contributed by atoms with E-state index in [2.05, 4.69) is 55.4 Å². The number of allylic oxidation sites excluding steroid dienone is 4. The molecule has 0 nitrogen and oxygen atoms in total. The van der Waals surface area contributed by atoms with Crippen molar-refractivity contribution in [3.8, 4) is 11.5 Å². The van der Waals surface area contributed by atoms with Gasteiger partial charge in [-0.3, -0.25) is 0 Å². The highest BCUT2D eigenvalue weighted by molar-refractivity contribution is 6.83. The molecule has 1 heteroatoms. The summed E-state index contributed by atoms with van der Waals surface area (Å²) in [5.74, 6) is 3.68. The van der Waals surface area contributed by atoms with E-state index in [-0.39, 0.29) is 0 Å². The zero-order valence-corrected chi connectivity index (χ0v) is 9.09. The Kier molecular flexibility index (Phi) is 2.94. The van der Waals surface area contributed by atoms with E-state index in [1.54, 1.807) is 0 Å². The number of hydrogen-bond donors (Lipinski definition) is 0. The second kappa shape index (κ2) is 3.78. The predicted molar refractivity (Wildman–Crippen MR) is 57.5 cm³/mol. The van der Waals surface area contributed by atoms with Crippen LogP contribution in [-0.4, -0.2) is 8.07 Å². The molecule has 1 aliphatic carbocycles. The molecule has 0 N–H and O–H groups in total. The van der Waals surface area contributed by atoms with Crippen LogP contribution in [0.1, 0.15) is 6.42 Å². The van der Waals surface area contributed by atoms with Crippen LogP contribution in [0.5, 0.6) is 0 Å². The molecule has 1 rings (SSSR count). The van der Waals surface area contributed by atoms with Crippen LogP contribution in [0.2, 0.25) is 19.6 Å². The van der Waals surface area contributed by atoms with Crippen LogP contribution < -0.4 is 0 Å². The summed E-state index contributed by atoms with van der Waals surface area (Å²) in [5.41, 5.74) is 3.38. The molecule has 64 valence electrons. The third-order valence-corrected chi connectivity index (χ3v) is 2.47. The summed E-state index contributed by atoms with van der Waals surface area (Å²) in [6.07, 6.45) is 9.82. The monoisotopic (exact) mass is 176 g/mol. The quantitative estimate of drug-likeness (QED) is 0.302. The normalized spacial score (nSPS) is 17.2. The van der Waals surface area contributed by atoms with Crippen LogP contribution in [0.15, 0.2) is 24.3 Å². The Labute approximate surface area is 76.4 Å². The van der Waals surface area contributed by atoms with E-state index >= 15 is 0 Å². The fourth-order valence-corrected chi connectivity index (χ4v) is 1.59. The van der Waals surface area contributed by atoms with E-state index in [9.17, 15) is 0 Å². The molecule has 0 aromatic heterocycles. The number of hydrogen-bond acceptors (Lipinski definition) is 0. The highest BCUT2D eigenvalue weighted by Gasteiger charge is 2.08. The molecule has 0 aromatic carbocycles. The Hall–Kier alpha value is -0.743. The molecule has 0 saturated heterocycles. The molecule has 0 saturated carbocycles. The summed E-state index contributed by atoms with van der Waals surface area (Å²) < 4.78 is 0. The highest BCUT2D eigenvalue weighted by Crippen LogP contribution is 2.08. The minimum atomic E-state index is -1.17. The Bertz CT molecular complexity index is 243. The molecule has 1 aliphatic rings. The van der Waals surface area contributed by atoms with Gasteiger partial charge in [0.15, 0.2) is 0 Å². The van der Waals surface area contributed by atoms with Gasteiger partial charge in [-0.1, -0.05) is 49.9 Å². The Morgan fingerprint density at radius 2 is 1.75 bits per heavy atom. The first kappa shape index (κ1) is 9.35. The van der Waals surface area contributed by atoms with Crippen LogP contribution in [-0.2, 0) is 0 Å². The topological polar surface area (TPSA) is 0 Å². The van der Waals surface area contributed by atoms with Crippen molar-refractivity contribution in [2.75, 3.05) is 0 Å². The van der Waals surface area contributed by atoms with Gasteiger partial charge in [-0.2, -0.15) is 0 Å². The Morgan fingerprint density at radius 1 is 1.17 bits per heavy atom. The summed E-state index contributed by atoms with van der Waals surface area (Å²) in [6, 6.07) is 0. The van der Waals surface area contributed by atoms with Gasteiger partial charge in [0.1, 0.15) is 8.07 Å². The highest BCUT2D eigenvalue weighted by atomic mass is 28.3. The molecule has 0 fully saturated rings. The Morgan fingerprint density at radius 3 is 2.25 bits per heavy atom. The average molecular weight is 176 g/mol. The van der Waals surface area contributed by atoms with E-state index in [1.807, 2.05) is 0 Å². The average Bonchev–Trinajstić information content (AvgIpc) is 2.02. The second-order valence-electron chi connectivity index (χ2n) is 4.14. The van der Waals surface area contributed by atoms with Crippen LogP contribution in [0.25, 0.3) is 0 Å². The van der Waals surface area contributed by atoms with Gasteiger partial charge in [-0.15, -0.1) is 5.54 Å². The smallest absolute Gasteiger partial charge is 0.129 e. The van der Waals surface area contributed by atoms with Crippen molar-refractivity contribution in [1.29, 1.82) is 0 Å². The summed E-state index contributed by atoms with van der Waals surface area (Å²) in [5, 5.41) is 0. The largest absolute Gasteiger partial charge is 0.131 e. The summed E-state index contributed by atoms with van der Waals surface area (Å²) in [4.78, 5) is 0. The third kappa shape index (κ3) is 3.59. The maximum atomic E-state index is 3.38.